The molecular weight excluding hydrogens is 284 g/mol. The Morgan fingerprint density at radius 1 is 1.48 bits per heavy atom. The summed E-state index contributed by atoms with van der Waals surface area (Å²) in [5.41, 5.74) is 7.62. The molecule has 5 nitrogen and oxygen atoms in total. The van der Waals surface area contributed by atoms with Crippen molar-refractivity contribution in [2.24, 2.45) is 0 Å². The van der Waals surface area contributed by atoms with Crippen LogP contribution in [0.15, 0.2) is 49.2 Å². The van der Waals surface area contributed by atoms with Gasteiger partial charge in [-0.15, -0.1) is 6.58 Å². The molecule has 0 aliphatic heterocycles. The van der Waals surface area contributed by atoms with Gasteiger partial charge in [-0.3, -0.25) is 4.79 Å². The summed E-state index contributed by atoms with van der Waals surface area (Å²) < 4.78 is 1.64. The minimum absolute atomic E-state index is 0.170. The summed E-state index contributed by atoms with van der Waals surface area (Å²) in [4.78, 5) is 11.9. The molecule has 0 radical (unpaired) electrons. The summed E-state index contributed by atoms with van der Waals surface area (Å²) in [6.45, 7) is 4.26. The Kier molecular flexibility index (Phi) is 5.45. The largest absolute Gasteiger partial charge is 0.399 e. The van der Waals surface area contributed by atoms with Gasteiger partial charge in [-0.1, -0.05) is 12.1 Å². The van der Waals surface area contributed by atoms with Crippen LogP contribution in [0.4, 0.5) is 5.69 Å². The minimum atomic E-state index is -0.170. The molecule has 1 heterocycles. The first kappa shape index (κ1) is 15.2. The molecule has 0 unspecified atom stereocenters. The third-order valence-electron chi connectivity index (χ3n) is 2.72. The fraction of sp³-hybridized carbons (Fsp3) is 0.200. The van der Waals surface area contributed by atoms with Gasteiger partial charge < -0.3 is 11.1 Å². The van der Waals surface area contributed by atoms with Crippen LogP contribution in [0.3, 0.4) is 0 Å². The predicted octanol–water partition coefficient (Wildman–Crippen LogP) is 2.10. The molecule has 110 valence electrons. The number of aromatic nitrogens is 2. The van der Waals surface area contributed by atoms with E-state index in [-0.39, 0.29) is 5.91 Å². The van der Waals surface area contributed by atoms with Crippen LogP contribution in [0.5, 0.6) is 0 Å². The van der Waals surface area contributed by atoms with Gasteiger partial charge >= 0.3 is 0 Å². The molecule has 0 spiro atoms. The number of thioether (sulfide) groups is 1. The van der Waals surface area contributed by atoms with Gasteiger partial charge in [0.05, 0.1) is 5.69 Å². The van der Waals surface area contributed by atoms with Gasteiger partial charge in [-0.05, 0) is 24.3 Å². The molecule has 0 bridgehead atoms. The van der Waals surface area contributed by atoms with Crippen LogP contribution >= 0.6 is 11.8 Å². The maximum Gasteiger partial charge on any atom is 0.271 e. The van der Waals surface area contributed by atoms with Crippen molar-refractivity contribution in [3.8, 4) is 5.69 Å². The number of anilines is 1. The fourth-order valence-electron chi connectivity index (χ4n) is 1.75. The minimum Gasteiger partial charge on any atom is -0.399 e. The Hall–Kier alpha value is -2.21. The number of nitrogens with zero attached hydrogens (tertiary/aromatic N) is 2. The lowest BCUT2D eigenvalue weighted by Gasteiger charge is -2.03. The van der Waals surface area contributed by atoms with Crippen molar-refractivity contribution in [1.82, 2.24) is 15.1 Å². The van der Waals surface area contributed by atoms with Crippen molar-refractivity contribution in [3.05, 3.63) is 54.9 Å². The van der Waals surface area contributed by atoms with E-state index in [2.05, 4.69) is 17.0 Å². The highest BCUT2D eigenvalue weighted by molar-refractivity contribution is 7.99. The summed E-state index contributed by atoms with van der Waals surface area (Å²) in [6, 6.07) is 9.04. The molecule has 1 aromatic heterocycles. The molecule has 0 saturated heterocycles. The van der Waals surface area contributed by atoms with Gasteiger partial charge in [0.15, 0.2) is 5.69 Å². The van der Waals surface area contributed by atoms with Gasteiger partial charge in [0.25, 0.3) is 5.91 Å². The second kappa shape index (κ2) is 7.54. The van der Waals surface area contributed by atoms with Crippen molar-refractivity contribution in [2.75, 3.05) is 23.8 Å². The van der Waals surface area contributed by atoms with E-state index in [9.17, 15) is 4.79 Å². The third-order valence-corrected chi connectivity index (χ3v) is 3.69. The maximum absolute atomic E-state index is 11.9. The van der Waals surface area contributed by atoms with Crippen LogP contribution in [-0.4, -0.2) is 33.7 Å². The average molecular weight is 302 g/mol. The van der Waals surface area contributed by atoms with Crippen molar-refractivity contribution in [3.63, 3.8) is 0 Å². The smallest absolute Gasteiger partial charge is 0.271 e. The zero-order chi connectivity index (χ0) is 15.1. The second-order valence-electron chi connectivity index (χ2n) is 4.36. The molecule has 6 heteroatoms. The van der Waals surface area contributed by atoms with Gasteiger partial charge in [-0.25, -0.2) is 4.68 Å². The number of carbonyl (C=O) groups is 1. The van der Waals surface area contributed by atoms with E-state index in [0.29, 0.717) is 17.9 Å². The number of hydrogen-bond acceptors (Lipinski definition) is 4. The molecule has 0 aliphatic rings. The van der Waals surface area contributed by atoms with E-state index in [1.54, 1.807) is 34.8 Å². The number of benzene rings is 1. The van der Waals surface area contributed by atoms with Crippen molar-refractivity contribution < 1.29 is 4.79 Å². The van der Waals surface area contributed by atoms with E-state index < -0.39 is 0 Å². The molecular formula is C15H18N4OS. The molecule has 0 atom stereocenters. The summed E-state index contributed by atoms with van der Waals surface area (Å²) in [5, 5.41) is 7.10. The zero-order valence-corrected chi connectivity index (χ0v) is 12.5. The first-order valence-electron chi connectivity index (χ1n) is 6.59. The molecule has 1 amide bonds. The van der Waals surface area contributed by atoms with Gasteiger partial charge in [0, 0.05) is 29.9 Å². The lowest BCUT2D eigenvalue weighted by atomic mass is 10.3. The fourth-order valence-corrected chi connectivity index (χ4v) is 2.33. The molecule has 1 aromatic carbocycles. The van der Waals surface area contributed by atoms with E-state index in [1.807, 2.05) is 24.3 Å². The quantitative estimate of drug-likeness (QED) is 0.467. The van der Waals surface area contributed by atoms with E-state index >= 15 is 0 Å². The Morgan fingerprint density at radius 2 is 2.33 bits per heavy atom. The van der Waals surface area contributed by atoms with Crippen LogP contribution in [0, 0.1) is 0 Å². The molecule has 0 saturated carbocycles. The van der Waals surface area contributed by atoms with Gasteiger partial charge in [-0.2, -0.15) is 16.9 Å². The number of carbonyl (C=O) groups excluding carboxylic acids is 1. The number of hydrogen-bond donors (Lipinski definition) is 2. The average Bonchev–Trinajstić information content (AvgIpc) is 2.97. The van der Waals surface area contributed by atoms with E-state index in [4.69, 9.17) is 5.73 Å². The Labute approximate surface area is 128 Å². The first-order valence-corrected chi connectivity index (χ1v) is 7.74. The van der Waals surface area contributed by atoms with E-state index in [0.717, 1.165) is 17.2 Å². The molecule has 0 aliphatic carbocycles. The number of nitrogen functional groups attached to an aromatic ring is 1. The topological polar surface area (TPSA) is 72.9 Å². The van der Waals surface area contributed by atoms with Gasteiger partial charge in [0.1, 0.15) is 0 Å². The normalized spacial score (nSPS) is 10.3. The second-order valence-corrected chi connectivity index (χ2v) is 5.51. The highest BCUT2D eigenvalue weighted by Crippen LogP contribution is 2.11. The lowest BCUT2D eigenvalue weighted by Crippen LogP contribution is -2.26. The molecule has 21 heavy (non-hydrogen) atoms. The lowest BCUT2D eigenvalue weighted by molar-refractivity contribution is 0.0951. The number of nitrogens with one attached hydrogen (secondary N) is 1. The predicted molar refractivity (Wildman–Crippen MR) is 87.8 cm³/mol. The van der Waals surface area contributed by atoms with Crippen LogP contribution in [-0.2, 0) is 0 Å². The Balaban J connectivity index is 1.93. The highest BCUT2D eigenvalue weighted by Gasteiger charge is 2.09. The van der Waals surface area contributed by atoms with Crippen LogP contribution in [0.25, 0.3) is 5.69 Å². The monoisotopic (exact) mass is 302 g/mol. The zero-order valence-electron chi connectivity index (χ0n) is 11.7. The van der Waals surface area contributed by atoms with E-state index in [1.165, 1.54) is 0 Å². The Bertz CT molecular complexity index is 624. The number of nitrogens with two attached hydrogens (primary N) is 1. The SMILES string of the molecule is C=CCSCCNC(=O)c1ccn(-c2cccc(N)c2)n1. The first-order chi connectivity index (χ1) is 10.2. The third kappa shape index (κ3) is 4.39. The number of amides is 1. The summed E-state index contributed by atoms with van der Waals surface area (Å²) in [5.74, 6) is 1.57. The van der Waals surface area contributed by atoms with Crippen LogP contribution in [0.2, 0.25) is 0 Å². The maximum atomic E-state index is 11.9. The van der Waals surface area contributed by atoms with Crippen LogP contribution < -0.4 is 11.1 Å². The summed E-state index contributed by atoms with van der Waals surface area (Å²) in [6.07, 6.45) is 3.59. The number of rotatable bonds is 7. The van der Waals surface area contributed by atoms with Crippen molar-refractivity contribution in [1.29, 1.82) is 0 Å². The summed E-state index contributed by atoms with van der Waals surface area (Å²) in [7, 11) is 0. The van der Waals surface area contributed by atoms with Crippen LogP contribution in [0.1, 0.15) is 10.5 Å². The highest BCUT2D eigenvalue weighted by atomic mass is 32.2. The standard InChI is InChI=1S/C15H18N4OS/c1-2-9-21-10-7-17-15(20)14-6-8-19(18-14)13-5-3-4-12(16)11-13/h2-6,8,11H,1,7,9-10,16H2,(H,17,20). The van der Waals surface area contributed by atoms with Crippen molar-refractivity contribution in [2.45, 2.75) is 0 Å². The molecule has 3 N–H and O–H groups in total. The molecule has 2 aromatic rings. The van der Waals surface area contributed by atoms with Gasteiger partial charge in [0.2, 0.25) is 0 Å². The van der Waals surface area contributed by atoms with Crippen molar-refractivity contribution >= 4 is 23.4 Å². The molecule has 0 fully saturated rings. The molecule has 2 rings (SSSR count). The summed E-state index contributed by atoms with van der Waals surface area (Å²) >= 11 is 1.72. The Morgan fingerprint density at radius 3 is 3.10 bits per heavy atom.